The van der Waals surface area contributed by atoms with E-state index in [2.05, 4.69) is 6.58 Å². The number of carbonyl (C=O) groups is 2. The number of carboxylic acids is 1. The summed E-state index contributed by atoms with van der Waals surface area (Å²) in [4.78, 5) is 23.2. The molecule has 0 aliphatic heterocycles. The Bertz CT molecular complexity index is 437. The first-order valence-electron chi connectivity index (χ1n) is 7.02. The van der Waals surface area contributed by atoms with E-state index in [-0.39, 0.29) is 23.7 Å². The smallest absolute Gasteiger partial charge is 0.333 e. The molecular formula is C15H20O4. The molecule has 0 spiro atoms. The fourth-order valence-corrected chi connectivity index (χ4v) is 4.76. The molecule has 2 unspecified atom stereocenters. The van der Waals surface area contributed by atoms with E-state index in [1.807, 2.05) is 0 Å². The zero-order chi connectivity index (χ0) is 13.8. The van der Waals surface area contributed by atoms with Crippen molar-refractivity contribution in [3.8, 4) is 0 Å². The number of carbonyl (C=O) groups excluding carboxylic acids is 1. The second-order valence-corrected chi connectivity index (χ2v) is 6.69. The number of hydrogen-bond acceptors (Lipinski definition) is 3. The summed E-state index contributed by atoms with van der Waals surface area (Å²) in [6, 6.07) is 0. The number of aliphatic carboxylic acids is 1. The number of hydrogen-bond donors (Lipinski definition) is 1. The molecule has 0 heterocycles. The predicted octanol–water partition coefficient (Wildman–Crippen LogP) is 2.39. The van der Waals surface area contributed by atoms with Crippen LogP contribution >= 0.6 is 0 Å². The lowest BCUT2D eigenvalue weighted by atomic mass is 9.50. The Morgan fingerprint density at radius 2 is 1.79 bits per heavy atom. The second-order valence-electron chi connectivity index (χ2n) is 6.69. The number of ether oxygens (including phenoxy) is 1. The standard InChI is InChI=1S/C15H20O4/c1-8(2)14(18)19-15-5-9-3-10(6-15)12(13(16)17)11(4-9)7-15/h9-12H,1,3-7H2,2H3,(H,16,17). The van der Waals surface area contributed by atoms with E-state index in [1.54, 1.807) is 6.92 Å². The highest BCUT2D eigenvalue weighted by Gasteiger charge is 2.59. The van der Waals surface area contributed by atoms with E-state index in [4.69, 9.17) is 4.74 Å². The Labute approximate surface area is 112 Å². The van der Waals surface area contributed by atoms with Crippen LogP contribution in [0.3, 0.4) is 0 Å². The van der Waals surface area contributed by atoms with Gasteiger partial charge in [0.1, 0.15) is 5.60 Å². The van der Waals surface area contributed by atoms with Gasteiger partial charge in [0.15, 0.2) is 0 Å². The average molecular weight is 264 g/mol. The maximum absolute atomic E-state index is 11.8. The molecule has 4 bridgehead atoms. The largest absolute Gasteiger partial charge is 0.481 e. The minimum absolute atomic E-state index is 0.182. The highest BCUT2D eigenvalue weighted by molar-refractivity contribution is 5.87. The summed E-state index contributed by atoms with van der Waals surface area (Å²) in [5.41, 5.74) is 0.0175. The Morgan fingerprint density at radius 3 is 2.26 bits per heavy atom. The van der Waals surface area contributed by atoms with Gasteiger partial charge >= 0.3 is 11.9 Å². The molecule has 104 valence electrons. The van der Waals surface area contributed by atoms with Crippen LogP contribution in [0, 0.1) is 23.7 Å². The van der Waals surface area contributed by atoms with Crippen LogP contribution in [-0.4, -0.2) is 22.6 Å². The van der Waals surface area contributed by atoms with Gasteiger partial charge in [-0.3, -0.25) is 4.79 Å². The summed E-state index contributed by atoms with van der Waals surface area (Å²) in [5, 5.41) is 9.38. The van der Waals surface area contributed by atoms with Crippen molar-refractivity contribution in [1.29, 1.82) is 0 Å². The molecule has 4 saturated carbocycles. The maximum atomic E-state index is 11.8. The Balaban J connectivity index is 1.82. The summed E-state index contributed by atoms with van der Waals surface area (Å²) in [6.07, 6.45) is 4.32. The number of esters is 1. The first kappa shape index (κ1) is 12.7. The van der Waals surface area contributed by atoms with Crippen LogP contribution in [0.1, 0.15) is 39.0 Å². The summed E-state index contributed by atoms with van der Waals surface area (Å²) < 4.78 is 5.71. The zero-order valence-electron chi connectivity index (χ0n) is 11.2. The molecule has 19 heavy (non-hydrogen) atoms. The fourth-order valence-electron chi connectivity index (χ4n) is 4.76. The molecule has 0 aromatic heterocycles. The summed E-state index contributed by atoms with van der Waals surface area (Å²) in [5.74, 6) is -0.327. The van der Waals surface area contributed by atoms with E-state index >= 15 is 0 Å². The predicted molar refractivity (Wildman–Crippen MR) is 68.3 cm³/mol. The zero-order valence-corrected chi connectivity index (χ0v) is 11.2. The van der Waals surface area contributed by atoms with Crippen LogP contribution in [0.5, 0.6) is 0 Å². The molecule has 2 atom stereocenters. The van der Waals surface area contributed by atoms with Gasteiger partial charge in [-0.2, -0.15) is 0 Å². The lowest BCUT2D eigenvalue weighted by Gasteiger charge is -2.58. The third-order valence-corrected chi connectivity index (χ3v) is 5.16. The lowest BCUT2D eigenvalue weighted by Crippen LogP contribution is -2.58. The SMILES string of the molecule is C=C(C)C(=O)OC12CC3CC(C1)C(C(=O)O)C(C3)C2. The van der Waals surface area contributed by atoms with Gasteiger partial charge in [-0.1, -0.05) is 6.58 Å². The Morgan fingerprint density at radius 1 is 1.21 bits per heavy atom. The average Bonchev–Trinajstić information content (AvgIpc) is 2.25. The summed E-state index contributed by atoms with van der Waals surface area (Å²) >= 11 is 0. The molecule has 4 rings (SSSR count). The highest BCUT2D eigenvalue weighted by atomic mass is 16.6. The molecule has 0 amide bonds. The van der Waals surface area contributed by atoms with Gasteiger partial charge in [-0.05, 0) is 56.8 Å². The fraction of sp³-hybridized carbons (Fsp3) is 0.733. The van der Waals surface area contributed by atoms with Crippen molar-refractivity contribution in [2.24, 2.45) is 23.7 Å². The second kappa shape index (κ2) is 4.09. The molecular weight excluding hydrogens is 244 g/mol. The first-order chi connectivity index (χ1) is 8.90. The minimum atomic E-state index is -0.671. The van der Waals surface area contributed by atoms with Gasteiger partial charge < -0.3 is 9.84 Å². The molecule has 4 aliphatic rings. The van der Waals surface area contributed by atoms with E-state index in [0.717, 1.165) is 32.1 Å². The van der Waals surface area contributed by atoms with Crippen molar-refractivity contribution in [3.05, 3.63) is 12.2 Å². The van der Waals surface area contributed by atoms with Gasteiger partial charge in [0.05, 0.1) is 5.92 Å². The van der Waals surface area contributed by atoms with Crippen LogP contribution in [0.2, 0.25) is 0 Å². The number of rotatable bonds is 3. The molecule has 0 radical (unpaired) electrons. The van der Waals surface area contributed by atoms with Gasteiger partial charge in [-0.25, -0.2) is 4.79 Å². The van der Waals surface area contributed by atoms with E-state index in [9.17, 15) is 14.7 Å². The van der Waals surface area contributed by atoms with Crippen molar-refractivity contribution >= 4 is 11.9 Å². The Kier molecular flexibility index (Phi) is 2.73. The summed E-state index contributed by atoms with van der Waals surface area (Å²) in [7, 11) is 0. The third-order valence-electron chi connectivity index (χ3n) is 5.16. The molecule has 0 saturated heterocycles. The van der Waals surface area contributed by atoms with Crippen molar-refractivity contribution in [1.82, 2.24) is 0 Å². The maximum Gasteiger partial charge on any atom is 0.333 e. The monoisotopic (exact) mass is 264 g/mol. The van der Waals surface area contributed by atoms with Crippen molar-refractivity contribution in [3.63, 3.8) is 0 Å². The molecule has 4 nitrogen and oxygen atoms in total. The van der Waals surface area contributed by atoms with Gasteiger partial charge in [-0.15, -0.1) is 0 Å². The van der Waals surface area contributed by atoms with Crippen LogP contribution < -0.4 is 0 Å². The van der Waals surface area contributed by atoms with Crippen LogP contribution in [0.4, 0.5) is 0 Å². The van der Waals surface area contributed by atoms with E-state index in [1.165, 1.54) is 0 Å². The van der Waals surface area contributed by atoms with Gasteiger partial charge in [0.2, 0.25) is 0 Å². The van der Waals surface area contributed by atoms with Gasteiger partial charge in [0.25, 0.3) is 0 Å². The minimum Gasteiger partial charge on any atom is -0.481 e. The molecule has 4 fully saturated rings. The van der Waals surface area contributed by atoms with Crippen LogP contribution in [0.15, 0.2) is 12.2 Å². The van der Waals surface area contributed by atoms with Crippen LogP contribution in [0.25, 0.3) is 0 Å². The molecule has 4 heteroatoms. The topological polar surface area (TPSA) is 63.6 Å². The van der Waals surface area contributed by atoms with E-state index < -0.39 is 11.6 Å². The van der Waals surface area contributed by atoms with E-state index in [0.29, 0.717) is 11.5 Å². The normalized spacial score (nSPS) is 43.0. The van der Waals surface area contributed by atoms with Crippen LogP contribution in [-0.2, 0) is 14.3 Å². The summed E-state index contributed by atoms with van der Waals surface area (Å²) in [6.45, 7) is 5.28. The molecule has 1 N–H and O–H groups in total. The van der Waals surface area contributed by atoms with Crippen molar-refractivity contribution < 1.29 is 19.4 Å². The quantitative estimate of drug-likeness (QED) is 0.628. The Hall–Kier alpha value is -1.32. The van der Waals surface area contributed by atoms with Crippen molar-refractivity contribution in [2.75, 3.05) is 0 Å². The highest BCUT2D eigenvalue weighted by Crippen LogP contribution is 2.59. The molecule has 4 aliphatic carbocycles. The number of carboxylic acid groups (broad SMARTS) is 1. The van der Waals surface area contributed by atoms with Gasteiger partial charge in [0, 0.05) is 5.57 Å². The molecule has 0 aromatic rings. The third kappa shape index (κ3) is 1.97. The molecule has 0 aromatic carbocycles. The first-order valence-corrected chi connectivity index (χ1v) is 7.02. The van der Waals surface area contributed by atoms with Crippen molar-refractivity contribution in [2.45, 2.75) is 44.6 Å². The lowest BCUT2D eigenvalue weighted by molar-refractivity contribution is -0.197.